The van der Waals surface area contributed by atoms with Gasteiger partial charge in [-0.05, 0) is 56.6 Å². The van der Waals surface area contributed by atoms with Gasteiger partial charge >= 0.3 is 0 Å². The summed E-state index contributed by atoms with van der Waals surface area (Å²) in [4.78, 5) is 15.9. The Morgan fingerprint density at radius 2 is 1.93 bits per heavy atom. The molecule has 0 aliphatic carbocycles. The van der Waals surface area contributed by atoms with Gasteiger partial charge in [-0.3, -0.25) is 4.79 Å². The second kappa shape index (κ2) is 7.46. The largest absolute Gasteiger partial charge is 0.485 e. The van der Waals surface area contributed by atoms with E-state index < -0.39 is 17.6 Å². The van der Waals surface area contributed by atoms with Gasteiger partial charge in [0.1, 0.15) is 23.1 Å². The molecule has 0 saturated heterocycles. The number of rotatable bonds is 5. The van der Waals surface area contributed by atoms with Gasteiger partial charge in [-0.25, -0.2) is 4.98 Å². The van der Waals surface area contributed by atoms with Crippen LogP contribution < -0.4 is 15.8 Å². The number of hydrogen-bond donors (Lipinski definition) is 3. The molecule has 1 aliphatic heterocycles. The van der Waals surface area contributed by atoms with Gasteiger partial charge in [0, 0.05) is 10.9 Å². The third-order valence-electron chi connectivity index (χ3n) is 5.46. The number of amides is 1. The maximum absolute atomic E-state index is 11.5. The van der Waals surface area contributed by atoms with Gasteiger partial charge in [0.05, 0.1) is 11.6 Å². The predicted octanol–water partition coefficient (Wildman–Crippen LogP) is 2.74. The van der Waals surface area contributed by atoms with E-state index in [9.17, 15) is 9.90 Å². The zero-order valence-electron chi connectivity index (χ0n) is 16.6. The minimum atomic E-state index is -0.757. The van der Waals surface area contributed by atoms with Crippen molar-refractivity contribution < 1.29 is 14.6 Å². The number of carbonyl (C=O) groups is 1. The maximum Gasteiger partial charge on any atom is 0.267 e. The Balaban J connectivity index is 1.71. The number of aliphatic hydroxyl groups is 1. The molecule has 3 aromatic rings. The molecule has 6 nitrogen and oxygen atoms in total. The fraction of sp³-hybridized carbons (Fsp3) is 0.304. The molecule has 4 N–H and O–H groups in total. The topological polar surface area (TPSA) is 97.5 Å². The molecule has 1 aromatic heterocycles. The van der Waals surface area contributed by atoms with Gasteiger partial charge in [0.25, 0.3) is 5.91 Å². The van der Waals surface area contributed by atoms with Crippen LogP contribution in [0.1, 0.15) is 41.5 Å². The van der Waals surface area contributed by atoms with Gasteiger partial charge in [0.15, 0.2) is 0 Å². The van der Waals surface area contributed by atoms with E-state index in [0.29, 0.717) is 17.8 Å². The van der Waals surface area contributed by atoms with Crippen LogP contribution in [-0.4, -0.2) is 34.2 Å². The van der Waals surface area contributed by atoms with Crippen molar-refractivity contribution in [3.8, 4) is 5.75 Å². The lowest BCUT2D eigenvalue weighted by molar-refractivity contribution is -0.0638. The smallest absolute Gasteiger partial charge is 0.267 e. The molecule has 0 radical (unpaired) electrons. The van der Waals surface area contributed by atoms with Crippen molar-refractivity contribution in [2.75, 3.05) is 6.54 Å². The Morgan fingerprint density at radius 3 is 2.66 bits per heavy atom. The molecule has 4 rings (SSSR count). The van der Waals surface area contributed by atoms with Crippen LogP contribution in [0.4, 0.5) is 0 Å². The molecule has 2 heterocycles. The predicted molar refractivity (Wildman–Crippen MR) is 112 cm³/mol. The molecule has 0 fully saturated rings. The third-order valence-corrected chi connectivity index (χ3v) is 5.46. The van der Waals surface area contributed by atoms with E-state index in [1.807, 2.05) is 50.2 Å². The highest BCUT2D eigenvalue weighted by Gasteiger charge is 2.43. The molecule has 0 unspecified atom stereocenters. The average molecular weight is 391 g/mol. The molecule has 29 heavy (non-hydrogen) atoms. The second-order valence-electron chi connectivity index (χ2n) is 7.92. The van der Waals surface area contributed by atoms with Crippen molar-refractivity contribution in [2.24, 2.45) is 5.73 Å². The number of hydrogen-bond acceptors (Lipinski definition) is 5. The van der Waals surface area contributed by atoms with Crippen molar-refractivity contribution in [2.45, 2.75) is 38.0 Å². The van der Waals surface area contributed by atoms with Gasteiger partial charge in [-0.15, -0.1) is 0 Å². The molecule has 2 aromatic carbocycles. The lowest BCUT2D eigenvalue weighted by Crippen LogP contribution is -2.52. The van der Waals surface area contributed by atoms with Crippen LogP contribution in [0.5, 0.6) is 5.75 Å². The highest BCUT2D eigenvalue weighted by Crippen LogP contribution is 2.43. The first-order valence-corrected chi connectivity index (χ1v) is 9.74. The van der Waals surface area contributed by atoms with E-state index in [4.69, 9.17) is 10.5 Å². The monoisotopic (exact) mass is 391 g/mol. The molecule has 150 valence electrons. The number of nitrogens with zero attached hydrogens (tertiary/aromatic N) is 1. The van der Waals surface area contributed by atoms with Gasteiger partial charge in [0.2, 0.25) is 0 Å². The van der Waals surface area contributed by atoms with Crippen LogP contribution in [0.3, 0.4) is 0 Å². The number of nitrogens with two attached hydrogens (primary N) is 1. The molecule has 1 aliphatic rings. The van der Waals surface area contributed by atoms with Gasteiger partial charge in [-0.2, -0.15) is 0 Å². The summed E-state index contributed by atoms with van der Waals surface area (Å²) in [5.74, 6) is 0.137. The number of aliphatic hydroxyl groups excluding tert-OH is 1. The summed E-state index contributed by atoms with van der Waals surface area (Å²) in [6, 6.07) is 17.0. The van der Waals surface area contributed by atoms with Crippen molar-refractivity contribution in [3.05, 3.63) is 71.4 Å². The number of pyridine rings is 1. The fourth-order valence-corrected chi connectivity index (χ4v) is 3.89. The Hall–Kier alpha value is -2.96. The first-order chi connectivity index (χ1) is 13.9. The summed E-state index contributed by atoms with van der Waals surface area (Å²) in [5.41, 5.74) is 7.56. The number of aromatic nitrogens is 1. The molecular weight excluding hydrogens is 366 g/mol. The number of fused-ring (bicyclic) bond motifs is 3. The molecule has 0 bridgehead atoms. The molecule has 2 atom stereocenters. The van der Waals surface area contributed by atoms with E-state index in [2.05, 4.69) is 22.4 Å². The highest BCUT2D eigenvalue weighted by molar-refractivity contribution is 5.95. The summed E-state index contributed by atoms with van der Waals surface area (Å²) in [6.45, 7) is 4.46. The van der Waals surface area contributed by atoms with Crippen LogP contribution >= 0.6 is 0 Å². The van der Waals surface area contributed by atoms with E-state index in [0.717, 1.165) is 17.4 Å². The quantitative estimate of drug-likeness (QED) is 0.621. The number of benzene rings is 2. The molecule has 6 heteroatoms. The van der Waals surface area contributed by atoms with E-state index in [1.165, 1.54) is 5.56 Å². The Bertz CT molecular complexity index is 1050. The zero-order chi connectivity index (χ0) is 20.6. The van der Waals surface area contributed by atoms with Crippen LogP contribution in [0.2, 0.25) is 0 Å². The van der Waals surface area contributed by atoms with Crippen molar-refractivity contribution in [1.29, 1.82) is 0 Å². The summed E-state index contributed by atoms with van der Waals surface area (Å²) in [7, 11) is 0. The van der Waals surface area contributed by atoms with Crippen LogP contribution in [0.25, 0.3) is 10.9 Å². The number of primary amides is 1. The SMILES string of the molecule is CC1(C)Oc2ccc3nc(C(N)=O)ccc3c2[C@@H](NCCc2ccccc2)[C@@H]1O. The Labute approximate surface area is 169 Å². The number of ether oxygens (including phenoxy) is 1. The summed E-state index contributed by atoms with van der Waals surface area (Å²) < 4.78 is 6.10. The first kappa shape index (κ1) is 19.4. The van der Waals surface area contributed by atoms with Gasteiger partial charge < -0.3 is 20.9 Å². The van der Waals surface area contributed by atoms with Crippen LogP contribution in [0.15, 0.2) is 54.6 Å². The number of carbonyl (C=O) groups excluding carboxylic acids is 1. The molecule has 0 spiro atoms. The molecule has 0 saturated carbocycles. The first-order valence-electron chi connectivity index (χ1n) is 9.74. The summed E-state index contributed by atoms with van der Waals surface area (Å²) in [6.07, 6.45) is 0.0855. The normalized spacial score (nSPS) is 20.1. The zero-order valence-corrected chi connectivity index (χ0v) is 16.6. The van der Waals surface area contributed by atoms with E-state index in [-0.39, 0.29) is 11.7 Å². The summed E-state index contributed by atoms with van der Waals surface area (Å²) in [5, 5.41) is 15.4. The van der Waals surface area contributed by atoms with Gasteiger partial charge in [-0.1, -0.05) is 30.3 Å². The average Bonchev–Trinajstić information content (AvgIpc) is 2.70. The lowest BCUT2D eigenvalue weighted by atomic mass is 9.84. The summed E-state index contributed by atoms with van der Waals surface area (Å²) >= 11 is 0. The van der Waals surface area contributed by atoms with Crippen molar-refractivity contribution in [3.63, 3.8) is 0 Å². The lowest BCUT2D eigenvalue weighted by Gasteiger charge is -2.43. The van der Waals surface area contributed by atoms with E-state index in [1.54, 1.807) is 6.07 Å². The maximum atomic E-state index is 11.5. The molecular formula is C23H25N3O3. The second-order valence-corrected chi connectivity index (χ2v) is 7.92. The van der Waals surface area contributed by atoms with Crippen molar-refractivity contribution in [1.82, 2.24) is 10.3 Å². The molecule has 1 amide bonds. The number of nitrogens with one attached hydrogen (secondary N) is 1. The minimum absolute atomic E-state index is 0.212. The standard InChI is InChI=1S/C23H25N3O3/c1-23(2)21(27)20(25-13-12-14-6-4-3-5-7-14)19-15-8-9-17(22(24)28)26-16(15)10-11-18(19)29-23/h3-11,20-21,25,27H,12-13H2,1-2H3,(H2,24,28)/t20-,21+/m1/s1. The third kappa shape index (κ3) is 3.69. The Morgan fingerprint density at radius 1 is 1.17 bits per heavy atom. The van der Waals surface area contributed by atoms with Crippen LogP contribution in [-0.2, 0) is 6.42 Å². The van der Waals surface area contributed by atoms with Crippen LogP contribution in [0, 0.1) is 0 Å². The van der Waals surface area contributed by atoms with E-state index >= 15 is 0 Å². The minimum Gasteiger partial charge on any atom is -0.485 e. The fourth-order valence-electron chi connectivity index (χ4n) is 3.89. The highest BCUT2D eigenvalue weighted by atomic mass is 16.5. The van der Waals surface area contributed by atoms with Crippen molar-refractivity contribution >= 4 is 16.8 Å². The Kier molecular flexibility index (Phi) is 4.98.